The zero-order valence-corrected chi connectivity index (χ0v) is 12.1. The van der Waals surface area contributed by atoms with Gasteiger partial charge in [-0.2, -0.15) is 11.8 Å². The smallest absolute Gasteiger partial charge is 0.220 e. The monoisotopic (exact) mass is 258 g/mol. The van der Waals surface area contributed by atoms with Gasteiger partial charge in [-0.25, -0.2) is 0 Å². The van der Waals surface area contributed by atoms with Crippen LogP contribution in [0.2, 0.25) is 0 Å². The van der Waals surface area contributed by atoms with Crippen molar-refractivity contribution in [1.29, 1.82) is 0 Å². The van der Waals surface area contributed by atoms with Crippen molar-refractivity contribution >= 4 is 17.7 Å². The number of hydrogen-bond acceptors (Lipinski definition) is 3. The van der Waals surface area contributed by atoms with Gasteiger partial charge in [0.05, 0.1) is 0 Å². The van der Waals surface area contributed by atoms with Crippen molar-refractivity contribution < 1.29 is 4.79 Å². The average Bonchev–Trinajstić information content (AvgIpc) is 2.36. The first-order valence-electron chi connectivity index (χ1n) is 6.63. The number of thioether (sulfide) groups is 1. The first-order valence-corrected chi connectivity index (χ1v) is 7.92. The molecule has 0 aromatic rings. The van der Waals surface area contributed by atoms with E-state index in [9.17, 15) is 4.79 Å². The van der Waals surface area contributed by atoms with E-state index in [0.29, 0.717) is 17.6 Å². The summed E-state index contributed by atoms with van der Waals surface area (Å²) < 4.78 is 0. The lowest BCUT2D eigenvalue weighted by Crippen LogP contribution is -2.34. The van der Waals surface area contributed by atoms with Gasteiger partial charge in [0.25, 0.3) is 0 Å². The molecule has 0 unspecified atom stereocenters. The minimum Gasteiger partial charge on any atom is -0.355 e. The quantitative estimate of drug-likeness (QED) is 0.764. The van der Waals surface area contributed by atoms with Crippen LogP contribution in [0, 0.1) is 11.8 Å². The van der Waals surface area contributed by atoms with Crippen LogP contribution in [0.1, 0.15) is 33.1 Å². The molecular formula is C13H26N2OS. The maximum Gasteiger partial charge on any atom is 0.220 e. The van der Waals surface area contributed by atoms with Crippen LogP contribution < -0.4 is 10.6 Å². The molecule has 4 heteroatoms. The second-order valence-electron chi connectivity index (χ2n) is 5.12. The molecule has 1 heterocycles. The van der Waals surface area contributed by atoms with Crippen molar-refractivity contribution in [1.82, 2.24) is 10.6 Å². The number of carbonyl (C=O) groups is 1. The van der Waals surface area contributed by atoms with Gasteiger partial charge in [0.2, 0.25) is 5.91 Å². The third-order valence-corrected chi connectivity index (χ3v) is 4.66. The summed E-state index contributed by atoms with van der Waals surface area (Å²) in [6.45, 7) is 7.37. The minimum atomic E-state index is 0.219. The molecule has 0 radical (unpaired) electrons. The number of nitrogens with one attached hydrogen (secondary N) is 2. The summed E-state index contributed by atoms with van der Waals surface area (Å²) in [5, 5.41) is 6.90. The van der Waals surface area contributed by atoms with Crippen molar-refractivity contribution in [2.45, 2.75) is 38.4 Å². The highest BCUT2D eigenvalue weighted by molar-refractivity contribution is 7.99. The van der Waals surface area contributed by atoms with Crippen molar-refractivity contribution in [3.63, 3.8) is 0 Å². The Bertz CT molecular complexity index is 229. The fourth-order valence-corrected chi connectivity index (χ4v) is 2.54. The molecule has 0 bridgehead atoms. The Morgan fingerprint density at radius 1 is 1.41 bits per heavy atom. The zero-order valence-electron chi connectivity index (χ0n) is 11.3. The van der Waals surface area contributed by atoms with E-state index in [2.05, 4.69) is 30.7 Å². The van der Waals surface area contributed by atoms with Crippen LogP contribution >= 0.6 is 11.8 Å². The summed E-state index contributed by atoms with van der Waals surface area (Å²) in [4.78, 5) is 11.8. The number of rotatable bonds is 6. The molecule has 2 N–H and O–H groups in total. The lowest BCUT2D eigenvalue weighted by atomic mass is 9.84. The van der Waals surface area contributed by atoms with Crippen molar-refractivity contribution in [2.24, 2.45) is 11.8 Å². The Morgan fingerprint density at radius 2 is 2.06 bits per heavy atom. The van der Waals surface area contributed by atoms with Gasteiger partial charge in [-0.3, -0.25) is 4.79 Å². The predicted octanol–water partition coefficient (Wildman–Crippen LogP) is 1.88. The second kappa shape index (κ2) is 7.98. The molecule has 0 aromatic heterocycles. The molecule has 17 heavy (non-hydrogen) atoms. The largest absolute Gasteiger partial charge is 0.355 e. The molecule has 1 rings (SSSR count). The van der Waals surface area contributed by atoms with Gasteiger partial charge in [0.1, 0.15) is 0 Å². The maximum absolute atomic E-state index is 11.8. The number of amides is 1. The predicted molar refractivity (Wildman–Crippen MR) is 75.4 cm³/mol. The van der Waals surface area contributed by atoms with Crippen LogP contribution in [0.4, 0.5) is 0 Å². The fraction of sp³-hybridized carbons (Fsp3) is 0.923. The molecule has 1 saturated heterocycles. The SMILES string of the molecule is CS[C@H](C)CNC(=O)C[C@@H](C)C1CCNCC1. The van der Waals surface area contributed by atoms with E-state index in [1.807, 2.05) is 0 Å². The number of hydrogen-bond donors (Lipinski definition) is 2. The highest BCUT2D eigenvalue weighted by Crippen LogP contribution is 2.24. The summed E-state index contributed by atoms with van der Waals surface area (Å²) in [6.07, 6.45) is 5.20. The van der Waals surface area contributed by atoms with Crippen LogP contribution in [0.25, 0.3) is 0 Å². The minimum absolute atomic E-state index is 0.219. The summed E-state index contributed by atoms with van der Waals surface area (Å²) in [6, 6.07) is 0. The van der Waals surface area contributed by atoms with Crippen LogP contribution in [-0.2, 0) is 4.79 Å². The summed E-state index contributed by atoms with van der Waals surface area (Å²) in [5.74, 6) is 1.46. The molecule has 0 aromatic carbocycles. The maximum atomic E-state index is 11.8. The molecule has 2 atom stereocenters. The Hall–Kier alpha value is -0.220. The topological polar surface area (TPSA) is 41.1 Å². The molecule has 1 amide bonds. The van der Waals surface area contributed by atoms with Crippen LogP contribution in [0.5, 0.6) is 0 Å². The summed E-state index contributed by atoms with van der Waals surface area (Å²) in [7, 11) is 0. The normalized spacial score (nSPS) is 20.9. The van der Waals surface area contributed by atoms with E-state index in [4.69, 9.17) is 0 Å². The second-order valence-corrected chi connectivity index (χ2v) is 6.40. The van der Waals surface area contributed by atoms with E-state index < -0.39 is 0 Å². The van der Waals surface area contributed by atoms with E-state index >= 15 is 0 Å². The lowest BCUT2D eigenvalue weighted by Gasteiger charge is -2.28. The van der Waals surface area contributed by atoms with Crippen LogP contribution in [0.3, 0.4) is 0 Å². The molecule has 0 spiro atoms. The molecule has 100 valence electrons. The first kappa shape index (κ1) is 14.8. The van der Waals surface area contributed by atoms with E-state index in [0.717, 1.165) is 25.6 Å². The Morgan fingerprint density at radius 3 is 2.65 bits per heavy atom. The molecule has 0 saturated carbocycles. The van der Waals surface area contributed by atoms with Crippen LogP contribution in [-0.4, -0.2) is 37.0 Å². The standard InChI is InChI=1S/C13H26N2OS/c1-10(12-4-6-14-7-5-12)8-13(16)15-9-11(2)17-3/h10-12,14H,4-9H2,1-3H3,(H,15,16)/t10-,11-/m1/s1. The zero-order chi connectivity index (χ0) is 12.7. The van der Waals surface area contributed by atoms with E-state index in [-0.39, 0.29) is 5.91 Å². The van der Waals surface area contributed by atoms with Gasteiger partial charge in [-0.15, -0.1) is 0 Å². The van der Waals surface area contributed by atoms with E-state index in [1.54, 1.807) is 11.8 Å². The molecule has 1 aliphatic heterocycles. The summed E-state index contributed by atoms with van der Waals surface area (Å²) in [5.41, 5.74) is 0. The first-order chi connectivity index (χ1) is 8.13. The molecule has 3 nitrogen and oxygen atoms in total. The molecule has 1 fully saturated rings. The van der Waals surface area contributed by atoms with Crippen LogP contribution in [0.15, 0.2) is 0 Å². The van der Waals surface area contributed by atoms with Crippen molar-refractivity contribution in [3.8, 4) is 0 Å². The van der Waals surface area contributed by atoms with Gasteiger partial charge in [-0.1, -0.05) is 13.8 Å². The van der Waals surface area contributed by atoms with E-state index in [1.165, 1.54) is 12.8 Å². The van der Waals surface area contributed by atoms with Gasteiger partial charge >= 0.3 is 0 Å². The molecule has 1 aliphatic rings. The Kier molecular flexibility index (Phi) is 6.97. The Balaban J connectivity index is 2.20. The number of carbonyl (C=O) groups excluding carboxylic acids is 1. The van der Waals surface area contributed by atoms with Gasteiger partial charge in [-0.05, 0) is 44.0 Å². The Labute approximate surface area is 109 Å². The molecule has 0 aliphatic carbocycles. The lowest BCUT2D eigenvalue weighted by molar-refractivity contribution is -0.122. The van der Waals surface area contributed by atoms with Gasteiger partial charge in [0, 0.05) is 18.2 Å². The highest BCUT2D eigenvalue weighted by Gasteiger charge is 2.21. The fourth-order valence-electron chi connectivity index (χ4n) is 2.29. The number of piperidine rings is 1. The average molecular weight is 258 g/mol. The highest BCUT2D eigenvalue weighted by atomic mass is 32.2. The van der Waals surface area contributed by atoms with Crippen molar-refractivity contribution in [2.75, 3.05) is 25.9 Å². The van der Waals surface area contributed by atoms with Crippen molar-refractivity contribution in [3.05, 3.63) is 0 Å². The third-order valence-electron chi connectivity index (χ3n) is 3.68. The third kappa shape index (κ3) is 5.77. The molecular weight excluding hydrogens is 232 g/mol. The van der Waals surface area contributed by atoms with Gasteiger partial charge < -0.3 is 10.6 Å². The van der Waals surface area contributed by atoms with Gasteiger partial charge in [0.15, 0.2) is 0 Å². The summed E-state index contributed by atoms with van der Waals surface area (Å²) >= 11 is 1.79.